The molecule has 0 aliphatic rings. The number of carbonyl (C=O) groups excluding carboxylic acids is 2. The standard InChI is InChI=1S/C6H11N3O2/c1-5(11)3-6(8-4-10)9-7-2/h4,7H,3H2,1-2H3,(H,8,9,10). The van der Waals surface area contributed by atoms with E-state index in [-0.39, 0.29) is 12.2 Å². The number of hydrogen-bond acceptors (Lipinski definition) is 4. The Bertz CT molecular complexity index is 177. The molecule has 0 rings (SSSR count). The van der Waals surface area contributed by atoms with Crippen LogP contribution in [0.3, 0.4) is 0 Å². The van der Waals surface area contributed by atoms with Crippen molar-refractivity contribution < 1.29 is 9.59 Å². The molecule has 0 aromatic rings. The largest absolute Gasteiger partial charge is 0.315 e. The molecule has 0 atom stereocenters. The molecule has 0 saturated carbocycles. The Kier molecular flexibility index (Phi) is 4.72. The normalized spacial score (nSPS) is 10.5. The number of hydrogen-bond donors (Lipinski definition) is 2. The fourth-order valence-corrected chi connectivity index (χ4v) is 0.562. The molecule has 5 nitrogen and oxygen atoms in total. The molecule has 5 heteroatoms. The highest BCUT2D eigenvalue weighted by atomic mass is 16.1. The van der Waals surface area contributed by atoms with Gasteiger partial charge in [0.15, 0.2) is 0 Å². The fraction of sp³-hybridized carbons (Fsp3) is 0.500. The molecule has 0 aromatic heterocycles. The van der Waals surface area contributed by atoms with Gasteiger partial charge in [0.05, 0.1) is 6.42 Å². The van der Waals surface area contributed by atoms with Gasteiger partial charge < -0.3 is 10.7 Å². The third kappa shape index (κ3) is 5.07. The maximum Gasteiger partial charge on any atom is 0.212 e. The van der Waals surface area contributed by atoms with Crippen LogP contribution in [0, 0.1) is 0 Å². The molecule has 2 N–H and O–H groups in total. The average Bonchev–Trinajstić information content (AvgIpc) is 1.87. The summed E-state index contributed by atoms with van der Waals surface area (Å²) >= 11 is 0. The number of nitrogens with one attached hydrogen (secondary N) is 2. The van der Waals surface area contributed by atoms with Crippen LogP contribution in [0.1, 0.15) is 13.3 Å². The zero-order valence-electron chi connectivity index (χ0n) is 6.55. The van der Waals surface area contributed by atoms with Gasteiger partial charge in [-0.05, 0) is 6.92 Å². The van der Waals surface area contributed by atoms with Crippen LogP contribution in [0.15, 0.2) is 5.10 Å². The topological polar surface area (TPSA) is 70.6 Å². The third-order valence-corrected chi connectivity index (χ3v) is 0.889. The lowest BCUT2D eigenvalue weighted by Crippen LogP contribution is -2.25. The van der Waals surface area contributed by atoms with Crippen molar-refractivity contribution >= 4 is 18.0 Å². The Morgan fingerprint density at radius 3 is 2.64 bits per heavy atom. The summed E-state index contributed by atoms with van der Waals surface area (Å²) in [6.07, 6.45) is 0.624. The SMILES string of the molecule is CN/N=C(/CC(C)=O)NC=O. The van der Waals surface area contributed by atoms with Crippen molar-refractivity contribution in [2.45, 2.75) is 13.3 Å². The minimum Gasteiger partial charge on any atom is -0.315 e. The molecule has 0 bridgehead atoms. The second-order valence-corrected chi connectivity index (χ2v) is 1.92. The number of carbonyl (C=O) groups is 2. The Balaban J connectivity index is 3.98. The molecule has 62 valence electrons. The zero-order valence-corrected chi connectivity index (χ0v) is 6.55. The van der Waals surface area contributed by atoms with E-state index >= 15 is 0 Å². The highest BCUT2D eigenvalue weighted by molar-refractivity contribution is 6.03. The Labute approximate surface area is 64.9 Å². The lowest BCUT2D eigenvalue weighted by molar-refractivity contribution is -0.115. The predicted molar refractivity (Wildman–Crippen MR) is 41.0 cm³/mol. The summed E-state index contributed by atoms with van der Waals surface area (Å²) in [5, 5.41) is 5.96. The van der Waals surface area contributed by atoms with Gasteiger partial charge >= 0.3 is 0 Å². The van der Waals surface area contributed by atoms with Gasteiger partial charge in [0.1, 0.15) is 11.6 Å². The molecule has 11 heavy (non-hydrogen) atoms. The first kappa shape index (κ1) is 9.61. The molecule has 1 amide bonds. The molecule has 0 heterocycles. The minimum absolute atomic E-state index is 0.0478. The number of amidine groups is 1. The van der Waals surface area contributed by atoms with Crippen molar-refractivity contribution in [1.29, 1.82) is 0 Å². The van der Waals surface area contributed by atoms with Gasteiger partial charge in [-0.25, -0.2) is 0 Å². The van der Waals surface area contributed by atoms with Crippen LogP contribution in [0.2, 0.25) is 0 Å². The molecule has 0 radical (unpaired) electrons. The van der Waals surface area contributed by atoms with E-state index in [0.717, 1.165) is 0 Å². The van der Waals surface area contributed by atoms with E-state index in [1.165, 1.54) is 6.92 Å². The monoisotopic (exact) mass is 157 g/mol. The predicted octanol–water partition coefficient (Wildman–Crippen LogP) is -0.756. The molecule has 0 aromatic carbocycles. The zero-order chi connectivity index (χ0) is 8.69. The lowest BCUT2D eigenvalue weighted by atomic mass is 10.3. The number of hydrazone groups is 1. The van der Waals surface area contributed by atoms with Crippen LogP contribution >= 0.6 is 0 Å². The first-order chi connectivity index (χ1) is 5.20. The first-order valence-electron chi connectivity index (χ1n) is 3.13. The summed E-state index contributed by atoms with van der Waals surface area (Å²) in [5.74, 6) is 0.281. The van der Waals surface area contributed by atoms with Crippen molar-refractivity contribution in [2.24, 2.45) is 5.10 Å². The molecule has 0 aliphatic carbocycles. The van der Waals surface area contributed by atoms with Gasteiger partial charge in [-0.3, -0.25) is 9.59 Å². The maximum atomic E-state index is 10.5. The van der Waals surface area contributed by atoms with E-state index in [4.69, 9.17) is 0 Å². The van der Waals surface area contributed by atoms with E-state index < -0.39 is 0 Å². The van der Waals surface area contributed by atoms with Crippen molar-refractivity contribution in [1.82, 2.24) is 10.7 Å². The number of rotatable bonds is 4. The van der Waals surface area contributed by atoms with Crippen LogP contribution < -0.4 is 10.7 Å². The van der Waals surface area contributed by atoms with Crippen LogP contribution in [0.25, 0.3) is 0 Å². The van der Waals surface area contributed by atoms with E-state index in [2.05, 4.69) is 15.8 Å². The highest BCUT2D eigenvalue weighted by Gasteiger charge is 2.00. The van der Waals surface area contributed by atoms with Gasteiger partial charge in [0.2, 0.25) is 6.41 Å². The van der Waals surface area contributed by atoms with Gasteiger partial charge in [0.25, 0.3) is 0 Å². The van der Waals surface area contributed by atoms with Gasteiger partial charge in [-0.2, -0.15) is 5.10 Å². The van der Waals surface area contributed by atoms with Gasteiger partial charge in [-0.15, -0.1) is 0 Å². The summed E-state index contributed by atoms with van der Waals surface area (Å²) in [6.45, 7) is 1.43. The molecular weight excluding hydrogens is 146 g/mol. The minimum atomic E-state index is -0.0478. The second kappa shape index (κ2) is 5.40. The lowest BCUT2D eigenvalue weighted by Gasteiger charge is -1.99. The van der Waals surface area contributed by atoms with Gasteiger partial charge in [-0.1, -0.05) is 0 Å². The van der Waals surface area contributed by atoms with E-state index in [1.54, 1.807) is 7.05 Å². The Morgan fingerprint density at radius 2 is 2.27 bits per heavy atom. The average molecular weight is 157 g/mol. The van der Waals surface area contributed by atoms with E-state index in [0.29, 0.717) is 12.2 Å². The summed E-state index contributed by atoms with van der Waals surface area (Å²) in [5.41, 5.74) is 2.47. The molecule has 0 saturated heterocycles. The smallest absolute Gasteiger partial charge is 0.212 e. The van der Waals surface area contributed by atoms with Crippen molar-refractivity contribution in [3.8, 4) is 0 Å². The number of nitrogens with zero attached hydrogens (tertiary/aromatic N) is 1. The fourth-order valence-electron chi connectivity index (χ4n) is 0.562. The number of Topliss-reactive ketones (excluding diaryl/α,β-unsaturated/α-hetero) is 1. The van der Waals surface area contributed by atoms with Crippen LogP contribution in [0.5, 0.6) is 0 Å². The van der Waals surface area contributed by atoms with Crippen molar-refractivity contribution in [2.75, 3.05) is 7.05 Å². The van der Waals surface area contributed by atoms with Gasteiger partial charge in [0, 0.05) is 7.05 Å². The Morgan fingerprint density at radius 1 is 1.64 bits per heavy atom. The highest BCUT2D eigenvalue weighted by Crippen LogP contribution is 1.82. The first-order valence-corrected chi connectivity index (χ1v) is 3.13. The van der Waals surface area contributed by atoms with E-state index in [9.17, 15) is 9.59 Å². The second-order valence-electron chi connectivity index (χ2n) is 1.92. The summed E-state index contributed by atoms with van der Waals surface area (Å²) in [4.78, 5) is 20.5. The summed E-state index contributed by atoms with van der Waals surface area (Å²) in [7, 11) is 1.59. The number of amides is 1. The van der Waals surface area contributed by atoms with Crippen LogP contribution in [-0.4, -0.2) is 25.1 Å². The maximum absolute atomic E-state index is 10.5. The third-order valence-electron chi connectivity index (χ3n) is 0.889. The molecular formula is C6H11N3O2. The quantitative estimate of drug-likeness (QED) is 0.244. The molecule has 0 spiro atoms. The number of ketones is 1. The molecule has 0 aliphatic heterocycles. The van der Waals surface area contributed by atoms with E-state index in [1.807, 2.05) is 0 Å². The van der Waals surface area contributed by atoms with Crippen molar-refractivity contribution in [3.63, 3.8) is 0 Å². The molecule has 0 unspecified atom stereocenters. The summed E-state index contributed by atoms with van der Waals surface area (Å²) < 4.78 is 0. The van der Waals surface area contributed by atoms with Crippen molar-refractivity contribution in [3.05, 3.63) is 0 Å². The Hall–Kier alpha value is -1.39. The summed E-state index contributed by atoms with van der Waals surface area (Å²) in [6, 6.07) is 0. The van der Waals surface area contributed by atoms with Crippen LogP contribution in [0.4, 0.5) is 0 Å². The van der Waals surface area contributed by atoms with Crippen LogP contribution in [-0.2, 0) is 9.59 Å². The molecule has 0 fully saturated rings.